The predicted molar refractivity (Wildman–Crippen MR) is 124 cm³/mol. The Hall–Kier alpha value is -2.61. The first kappa shape index (κ1) is 20.3. The number of carbonyl (C=O) groups is 1. The van der Waals surface area contributed by atoms with Crippen LogP contribution in [0.1, 0.15) is 44.9 Å². The van der Waals surface area contributed by atoms with Crippen LogP contribution in [0.25, 0.3) is 21.6 Å². The van der Waals surface area contributed by atoms with E-state index < -0.39 is 5.60 Å². The number of aromatic amines is 1. The summed E-state index contributed by atoms with van der Waals surface area (Å²) in [6.45, 7) is 10.4. The number of carbonyl (C=O) groups excluding carboxylic acids is 1. The van der Waals surface area contributed by atoms with Crippen LogP contribution >= 0.6 is 11.3 Å². The van der Waals surface area contributed by atoms with Crippen LogP contribution in [0.15, 0.2) is 24.7 Å². The molecule has 1 spiro atoms. The minimum atomic E-state index is -0.481. The molecule has 31 heavy (non-hydrogen) atoms. The summed E-state index contributed by atoms with van der Waals surface area (Å²) in [5.41, 5.74) is 2.49. The van der Waals surface area contributed by atoms with Crippen molar-refractivity contribution in [3.63, 3.8) is 0 Å². The highest BCUT2D eigenvalue weighted by Gasteiger charge is 2.51. The van der Waals surface area contributed by atoms with Gasteiger partial charge in [0.1, 0.15) is 16.3 Å². The number of hydrogen-bond donors (Lipinski definition) is 1. The van der Waals surface area contributed by atoms with Crippen LogP contribution in [0.5, 0.6) is 0 Å². The number of ether oxygens (including phenoxy) is 1. The van der Waals surface area contributed by atoms with Crippen LogP contribution in [-0.2, 0) is 4.74 Å². The average molecular weight is 440 g/mol. The molecule has 7 nitrogen and oxygen atoms in total. The Morgan fingerprint density at radius 3 is 2.77 bits per heavy atom. The largest absolute Gasteiger partial charge is 0.444 e. The monoisotopic (exact) mass is 439 g/mol. The Balaban J connectivity index is 1.47. The molecule has 2 aliphatic rings. The Morgan fingerprint density at radius 2 is 2.10 bits per heavy atom. The van der Waals surface area contributed by atoms with Crippen molar-refractivity contribution in [3.05, 3.63) is 29.5 Å². The molecule has 5 rings (SSSR count). The molecule has 164 valence electrons. The molecule has 5 heterocycles. The number of piperidine rings is 1. The molecule has 1 unspecified atom stereocenters. The van der Waals surface area contributed by atoms with Gasteiger partial charge in [-0.2, -0.15) is 0 Å². The third-order valence-electron chi connectivity index (χ3n) is 6.29. The van der Waals surface area contributed by atoms with Crippen LogP contribution in [0.2, 0.25) is 0 Å². The minimum Gasteiger partial charge on any atom is -0.444 e. The van der Waals surface area contributed by atoms with Crippen molar-refractivity contribution < 1.29 is 9.53 Å². The van der Waals surface area contributed by atoms with E-state index in [2.05, 4.69) is 32.8 Å². The van der Waals surface area contributed by atoms with Crippen molar-refractivity contribution in [3.8, 4) is 10.6 Å². The van der Waals surface area contributed by atoms with Gasteiger partial charge in [-0.25, -0.2) is 14.8 Å². The number of nitrogens with one attached hydrogen (secondary N) is 1. The second kappa shape index (κ2) is 7.22. The van der Waals surface area contributed by atoms with E-state index >= 15 is 0 Å². The zero-order valence-electron chi connectivity index (χ0n) is 18.6. The standard InChI is InChI=1S/C23H29N5O2S/c1-15-12-26-20(31-15)16-13-25-19-18(16)17(6-9-24-19)27-10-5-7-23(14-27)8-11-28(23)21(29)30-22(2,3)4/h6,9,12-13H,5,7-8,10-11,14H2,1-4H3,(H,24,25). The Bertz CT molecular complexity index is 1130. The number of fused-ring (bicyclic) bond motifs is 1. The Labute approximate surface area is 186 Å². The SMILES string of the molecule is Cc1cnc(-c2c[nH]c3nccc(N4CCCC5(CCN5C(=O)OC(C)(C)C)C4)c23)s1. The van der Waals surface area contributed by atoms with Gasteiger partial charge in [-0.3, -0.25) is 0 Å². The number of nitrogens with zero attached hydrogens (tertiary/aromatic N) is 4. The van der Waals surface area contributed by atoms with Crippen molar-refractivity contribution in [2.45, 2.75) is 58.1 Å². The molecule has 0 radical (unpaired) electrons. The summed E-state index contributed by atoms with van der Waals surface area (Å²) in [5.74, 6) is 0. The number of anilines is 1. The van der Waals surface area contributed by atoms with Crippen LogP contribution in [0.4, 0.5) is 10.5 Å². The Morgan fingerprint density at radius 1 is 1.26 bits per heavy atom. The second-order valence-corrected chi connectivity index (χ2v) is 10.9. The van der Waals surface area contributed by atoms with Gasteiger partial charge < -0.3 is 19.5 Å². The zero-order chi connectivity index (χ0) is 21.8. The zero-order valence-corrected chi connectivity index (χ0v) is 19.4. The quantitative estimate of drug-likeness (QED) is 0.610. The number of amides is 1. The van der Waals surface area contributed by atoms with Gasteiger partial charge in [-0.15, -0.1) is 11.3 Å². The highest BCUT2D eigenvalue weighted by molar-refractivity contribution is 7.15. The van der Waals surface area contributed by atoms with Crippen LogP contribution in [0, 0.1) is 6.92 Å². The van der Waals surface area contributed by atoms with E-state index in [-0.39, 0.29) is 11.6 Å². The maximum atomic E-state index is 12.8. The van der Waals surface area contributed by atoms with Gasteiger partial charge in [0, 0.05) is 48.7 Å². The topological polar surface area (TPSA) is 74.4 Å². The molecule has 1 N–H and O–H groups in total. The molecule has 2 fully saturated rings. The van der Waals surface area contributed by atoms with E-state index in [1.807, 2.05) is 44.3 Å². The van der Waals surface area contributed by atoms with Crippen molar-refractivity contribution in [2.75, 3.05) is 24.5 Å². The van der Waals surface area contributed by atoms with Crippen LogP contribution in [0.3, 0.4) is 0 Å². The lowest BCUT2D eigenvalue weighted by atomic mass is 9.78. The van der Waals surface area contributed by atoms with Crippen molar-refractivity contribution in [1.29, 1.82) is 0 Å². The van der Waals surface area contributed by atoms with Gasteiger partial charge >= 0.3 is 6.09 Å². The number of rotatable bonds is 2. The third kappa shape index (κ3) is 3.56. The molecule has 1 amide bonds. The first-order valence-corrected chi connectivity index (χ1v) is 11.7. The summed E-state index contributed by atoms with van der Waals surface area (Å²) in [4.78, 5) is 30.9. The number of hydrogen-bond acceptors (Lipinski definition) is 6. The predicted octanol–water partition coefficient (Wildman–Crippen LogP) is 4.97. The number of H-pyrrole nitrogens is 1. The second-order valence-electron chi connectivity index (χ2n) is 9.66. The fraction of sp³-hybridized carbons (Fsp3) is 0.522. The first-order chi connectivity index (χ1) is 14.8. The summed E-state index contributed by atoms with van der Waals surface area (Å²) in [7, 11) is 0. The number of pyridine rings is 1. The molecule has 3 aromatic heterocycles. The van der Waals surface area contributed by atoms with Crippen LogP contribution < -0.4 is 4.90 Å². The van der Waals surface area contributed by atoms with Gasteiger partial charge in [0.05, 0.1) is 16.6 Å². The maximum Gasteiger partial charge on any atom is 0.410 e. The highest BCUT2D eigenvalue weighted by Crippen LogP contribution is 2.43. The number of likely N-dealkylation sites (tertiary alicyclic amines) is 1. The summed E-state index contributed by atoms with van der Waals surface area (Å²) >= 11 is 1.69. The summed E-state index contributed by atoms with van der Waals surface area (Å²) in [6.07, 6.45) is 8.66. The number of aromatic nitrogens is 3. The molecule has 8 heteroatoms. The molecule has 0 saturated carbocycles. The normalized spacial score (nSPS) is 21.5. The fourth-order valence-electron chi connectivity index (χ4n) is 4.83. The van der Waals surface area contributed by atoms with E-state index in [0.29, 0.717) is 0 Å². The van der Waals surface area contributed by atoms with E-state index in [1.54, 1.807) is 11.3 Å². The van der Waals surface area contributed by atoms with E-state index in [4.69, 9.17) is 4.74 Å². The molecule has 0 aromatic carbocycles. The average Bonchev–Trinajstić information content (AvgIpc) is 3.31. The van der Waals surface area contributed by atoms with E-state index in [0.717, 1.165) is 66.2 Å². The van der Waals surface area contributed by atoms with Crippen molar-refractivity contribution in [1.82, 2.24) is 19.9 Å². The smallest absolute Gasteiger partial charge is 0.410 e. The van der Waals surface area contributed by atoms with Gasteiger partial charge in [0.25, 0.3) is 0 Å². The summed E-state index contributed by atoms with van der Waals surface area (Å²) in [6, 6.07) is 2.09. The molecule has 0 bridgehead atoms. The molecule has 3 aromatic rings. The van der Waals surface area contributed by atoms with Crippen molar-refractivity contribution in [2.24, 2.45) is 0 Å². The first-order valence-electron chi connectivity index (χ1n) is 10.9. The molecular weight excluding hydrogens is 410 g/mol. The lowest BCUT2D eigenvalue weighted by Crippen LogP contribution is -2.69. The summed E-state index contributed by atoms with van der Waals surface area (Å²) in [5, 5.41) is 2.11. The van der Waals surface area contributed by atoms with Gasteiger partial charge in [-0.05, 0) is 53.0 Å². The lowest BCUT2D eigenvalue weighted by Gasteiger charge is -2.57. The molecule has 1 atom stereocenters. The minimum absolute atomic E-state index is 0.148. The molecular formula is C23H29N5O2S. The maximum absolute atomic E-state index is 12.8. The highest BCUT2D eigenvalue weighted by atomic mass is 32.1. The van der Waals surface area contributed by atoms with Gasteiger partial charge in [0.15, 0.2) is 0 Å². The Kier molecular flexibility index (Phi) is 4.73. The number of aryl methyl sites for hydroxylation is 1. The molecule has 0 aliphatic carbocycles. The van der Waals surface area contributed by atoms with Crippen LogP contribution in [-0.4, -0.2) is 56.7 Å². The molecule has 2 aliphatic heterocycles. The van der Waals surface area contributed by atoms with Gasteiger partial charge in [0.2, 0.25) is 0 Å². The lowest BCUT2D eigenvalue weighted by molar-refractivity contribution is -0.0495. The molecule has 2 saturated heterocycles. The van der Waals surface area contributed by atoms with E-state index in [9.17, 15) is 4.79 Å². The summed E-state index contributed by atoms with van der Waals surface area (Å²) < 4.78 is 5.69. The third-order valence-corrected chi connectivity index (χ3v) is 7.23. The fourth-order valence-corrected chi connectivity index (χ4v) is 5.62. The van der Waals surface area contributed by atoms with Crippen molar-refractivity contribution >= 4 is 34.2 Å². The number of thiazole rings is 1. The van der Waals surface area contributed by atoms with Gasteiger partial charge in [-0.1, -0.05) is 0 Å². The van der Waals surface area contributed by atoms with E-state index in [1.165, 1.54) is 4.88 Å².